The fourth-order valence-corrected chi connectivity index (χ4v) is 5.95. The molecule has 9 rings (SSSR count). The number of hydrogen-bond acceptors (Lipinski definition) is 6. The van der Waals surface area contributed by atoms with Crippen LogP contribution in [0.5, 0.6) is 0 Å². The predicted octanol–water partition coefficient (Wildman–Crippen LogP) is 10.2. The molecular formula is C40H24N4O2. The van der Waals surface area contributed by atoms with Gasteiger partial charge in [-0.15, -0.1) is 0 Å². The summed E-state index contributed by atoms with van der Waals surface area (Å²) in [5.41, 5.74) is 8.91. The maximum absolute atomic E-state index is 6.37. The molecule has 0 atom stereocenters. The van der Waals surface area contributed by atoms with E-state index in [-0.39, 0.29) is 0 Å². The molecule has 6 nitrogen and oxygen atoms in total. The van der Waals surface area contributed by atoms with Gasteiger partial charge < -0.3 is 8.83 Å². The molecule has 0 aliphatic rings. The van der Waals surface area contributed by atoms with Crippen LogP contribution < -0.4 is 0 Å². The Morgan fingerprint density at radius 3 is 1.74 bits per heavy atom. The highest BCUT2D eigenvalue weighted by atomic mass is 16.3. The standard InChI is InChI=1S/C40H24N4O2/c1-3-11-25(12-4-1)37-42-38(26-13-5-2-6-14-26)44-39(43-37)30-17-10-20-35-36(30)31-24-28(21-22-33(31)45-35)27-15-9-16-29(23-27)40-41-32-18-7-8-19-34(32)46-40/h1-24H. The Labute approximate surface area is 263 Å². The fourth-order valence-electron chi connectivity index (χ4n) is 5.95. The molecule has 6 aromatic carbocycles. The lowest BCUT2D eigenvalue weighted by atomic mass is 9.99. The van der Waals surface area contributed by atoms with Gasteiger partial charge >= 0.3 is 0 Å². The quantitative estimate of drug-likeness (QED) is 0.198. The predicted molar refractivity (Wildman–Crippen MR) is 182 cm³/mol. The monoisotopic (exact) mass is 592 g/mol. The maximum Gasteiger partial charge on any atom is 0.227 e. The highest BCUT2D eigenvalue weighted by molar-refractivity contribution is 6.12. The van der Waals surface area contributed by atoms with E-state index in [9.17, 15) is 0 Å². The van der Waals surface area contributed by atoms with Crippen LogP contribution in [0.4, 0.5) is 0 Å². The molecule has 0 bridgehead atoms. The lowest BCUT2D eigenvalue weighted by Crippen LogP contribution is -2.00. The number of oxazole rings is 1. The zero-order valence-electron chi connectivity index (χ0n) is 24.5. The lowest BCUT2D eigenvalue weighted by Gasteiger charge is -2.09. The summed E-state index contributed by atoms with van der Waals surface area (Å²) in [6.45, 7) is 0. The van der Waals surface area contributed by atoms with Crippen LogP contribution in [0.25, 0.3) is 89.8 Å². The van der Waals surface area contributed by atoms with Gasteiger partial charge in [0.05, 0.1) is 0 Å². The van der Waals surface area contributed by atoms with E-state index in [2.05, 4.69) is 30.3 Å². The van der Waals surface area contributed by atoms with Gasteiger partial charge in [0.15, 0.2) is 23.1 Å². The normalized spacial score (nSPS) is 11.5. The zero-order valence-corrected chi connectivity index (χ0v) is 24.5. The SMILES string of the molecule is c1ccc(-c2nc(-c3ccccc3)nc(-c3cccc4oc5ccc(-c6cccc(-c7nc8ccccc8o7)c6)cc5c34)n2)cc1. The summed E-state index contributed by atoms with van der Waals surface area (Å²) < 4.78 is 12.4. The van der Waals surface area contributed by atoms with E-state index in [0.29, 0.717) is 23.4 Å². The van der Waals surface area contributed by atoms with Gasteiger partial charge in [-0.05, 0) is 53.6 Å². The Bertz CT molecular complexity index is 2440. The minimum Gasteiger partial charge on any atom is -0.456 e. The van der Waals surface area contributed by atoms with Gasteiger partial charge in [-0.2, -0.15) is 0 Å². The van der Waals surface area contributed by atoms with Crippen molar-refractivity contribution in [1.82, 2.24) is 19.9 Å². The number of benzene rings is 6. The Morgan fingerprint density at radius 1 is 0.370 bits per heavy atom. The van der Waals surface area contributed by atoms with E-state index in [1.165, 1.54) is 0 Å². The van der Waals surface area contributed by atoms with Crippen molar-refractivity contribution >= 4 is 33.0 Å². The molecule has 0 saturated carbocycles. The molecule has 46 heavy (non-hydrogen) atoms. The summed E-state index contributed by atoms with van der Waals surface area (Å²) >= 11 is 0. The van der Waals surface area contributed by atoms with Crippen molar-refractivity contribution in [2.24, 2.45) is 0 Å². The number of nitrogens with zero attached hydrogens (tertiary/aromatic N) is 4. The number of furan rings is 1. The molecule has 9 aromatic rings. The zero-order chi connectivity index (χ0) is 30.5. The van der Waals surface area contributed by atoms with Crippen LogP contribution in [0.2, 0.25) is 0 Å². The van der Waals surface area contributed by atoms with Gasteiger partial charge in [0.25, 0.3) is 0 Å². The Balaban J connectivity index is 1.21. The van der Waals surface area contributed by atoms with Crippen molar-refractivity contribution in [3.8, 4) is 56.7 Å². The van der Waals surface area contributed by atoms with Crippen molar-refractivity contribution in [3.63, 3.8) is 0 Å². The summed E-state index contributed by atoms with van der Waals surface area (Å²) in [7, 11) is 0. The number of hydrogen-bond donors (Lipinski definition) is 0. The van der Waals surface area contributed by atoms with Crippen LogP contribution in [0, 0.1) is 0 Å². The van der Waals surface area contributed by atoms with E-state index in [1.54, 1.807) is 0 Å². The number of para-hydroxylation sites is 2. The fraction of sp³-hybridized carbons (Fsp3) is 0. The molecule has 0 aliphatic heterocycles. The van der Waals surface area contributed by atoms with Gasteiger partial charge in [-0.3, -0.25) is 0 Å². The number of fused-ring (bicyclic) bond motifs is 4. The van der Waals surface area contributed by atoms with Crippen LogP contribution in [0.15, 0.2) is 154 Å². The molecule has 0 spiro atoms. The molecular weight excluding hydrogens is 568 g/mol. The molecule has 0 fully saturated rings. The molecule has 0 amide bonds. The van der Waals surface area contributed by atoms with Crippen LogP contribution in [0.3, 0.4) is 0 Å². The minimum absolute atomic E-state index is 0.587. The molecule has 0 unspecified atom stereocenters. The number of aromatic nitrogens is 4. The Morgan fingerprint density at radius 2 is 0.978 bits per heavy atom. The van der Waals surface area contributed by atoms with Crippen molar-refractivity contribution in [3.05, 3.63) is 146 Å². The highest BCUT2D eigenvalue weighted by Crippen LogP contribution is 2.39. The molecule has 0 saturated heterocycles. The molecule has 0 aliphatic carbocycles. The first-order chi connectivity index (χ1) is 22.8. The second-order valence-corrected chi connectivity index (χ2v) is 11.1. The third-order valence-corrected chi connectivity index (χ3v) is 8.17. The van der Waals surface area contributed by atoms with Crippen LogP contribution in [0.1, 0.15) is 0 Å². The van der Waals surface area contributed by atoms with Gasteiger partial charge in [-0.1, -0.05) is 103 Å². The first-order valence-electron chi connectivity index (χ1n) is 15.1. The second kappa shape index (κ2) is 10.6. The molecule has 0 N–H and O–H groups in total. The molecule has 3 aromatic heterocycles. The average molecular weight is 593 g/mol. The highest BCUT2D eigenvalue weighted by Gasteiger charge is 2.18. The van der Waals surface area contributed by atoms with Gasteiger partial charge in [0, 0.05) is 33.0 Å². The van der Waals surface area contributed by atoms with E-state index >= 15 is 0 Å². The van der Waals surface area contributed by atoms with E-state index in [4.69, 9.17) is 28.8 Å². The summed E-state index contributed by atoms with van der Waals surface area (Å²) in [5, 5.41) is 1.94. The summed E-state index contributed by atoms with van der Waals surface area (Å²) in [5.74, 6) is 2.42. The molecule has 0 radical (unpaired) electrons. The van der Waals surface area contributed by atoms with Crippen LogP contribution in [-0.4, -0.2) is 19.9 Å². The largest absolute Gasteiger partial charge is 0.456 e. The van der Waals surface area contributed by atoms with Gasteiger partial charge in [0.2, 0.25) is 5.89 Å². The average Bonchev–Trinajstić information content (AvgIpc) is 3.74. The second-order valence-electron chi connectivity index (χ2n) is 11.1. The maximum atomic E-state index is 6.37. The number of rotatable bonds is 5. The van der Waals surface area contributed by atoms with Gasteiger partial charge in [-0.25, -0.2) is 19.9 Å². The van der Waals surface area contributed by atoms with Crippen molar-refractivity contribution < 1.29 is 8.83 Å². The third kappa shape index (κ3) is 4.52. The van der Waals surface area contributed by atoms with Crippen LogP contribution in [-0.2, 0) is 0 Å². The van der Waals surface area contributed by atoms with Crippen molar-refractivity contribution in [2.75, 3.05) is 0 Å². The topological polar surface area (TPSA) is 77.8 Å². The smallest absolute Gasteiger partial charge is 0.227 e. The summed E-state index contributed by atoms with van der Waals surface area (Å²) in [6.07, 6.45) is 0. The lowest BCUT2D eigenvalue weighted by molar-refractivity contribution is 0.620. The van der Waals surface area contributed by atoms with Crippen LogP contribution >= 0.6 is 0 Å². The summed E-state index contributed by atoms with van der Waals surface area (Å²) in [6, 6.07) is 48.4. The van der Waals surface area contributed by atoms with Gasteiger partial charge in [0.1, 0.15) is 16.7 Å². The Hall–Kier alpha value is -6.40. The van der Waals surface area contributed by atoms with Crippen molar-refractivity contribution in [2.45, 2.75) is 0 Å². The first-order valence-corrected chi connectivity index (χ1v) is 15.1. The summed E-state index contributed by atoms with van der Waals surface area (Å²) in [4.78, 5) is 19.6. The molecule has 3 heterocycles. The van der Waals surface area contributed by atoms with E-state index in [0.717, 1.165) is 66.4 Å². The van der Waals surface area contributed by atoms with Crippen molar-refractivity contribution in [1.29, 1.82) is 0 Å². The van der Waals surface area contributed by atoms with E-state index in [1.807, 2.05) is 115 Å². The third-order valence-electron chi connectivity index (χ3n) is 8.17. The molecule has 6 heteroatoms. The van der Waals surface area contributed by atoms with E-state index < -0.39 is 0 Å². The first kappa shape index (κ1) is 26.0. The molecule has 216 valence electrons. The Kier molecular flexibility index (Phi) is 6.03. The minimum atomic E-state index is 0.587.